The summed E-state index contributed by atoms with van der Waals surface area (Å²) in [6.07, 6.45) is 1.13. The Labute approximate surface area is 229 Å². The number of likely N-dealkylation sites (N-methyl/N-ethyl adjacent to an activating group) is 1. The van der Waals surface area contributed by atoms with Crippen LogP contribution in [-0.4, -0.2) is 79.9 Å². The highest BCUT2D eigenvalue weighted by Crippen LogP contribution is 2.45. The van der Waals surface area contributed by atoms with Crippen molar-refractivity contribution in [3.8, 4) is 0 Å². The number of hydrogen-bond acceptors (Lipinski definition) is 4. The molecule has 2 aliphatic rings. The topological polar surface area (TPSA) is 26.8 Å². The van der Waals surface area contributed by atoms with Gasteiger partial charge in [-0.05, 0) is 68.7 Å². The van der Waals surface area contributed by atoms with Crippen LogP contribution in [0, 0.1) is 25.8 Å². The number of carbonyl (C=O) groups excluding carboxylic acids is 1. The third-order valence-corrected chi connectivity index (χ3v) is 8.85. The van der Waals surface area contributed by atoms with E-state index in [0.717, 1.165) is 64.3 Å². The zero-order valence-corrected chi connectivity index (χ0v) is 23.3. The second kappa shape index (κ2) is 12.4. The van der Waals surface area contributed by atoms with Gasteiger partial charge in [0.2, 0.25) is 0 Å². The van der Waals surface area contributed by atoms with Crippen LogP contribution in [0.25, 0.3) is 0 Å². The van der Waals surface area contributed by atoms with Crippen molar-refractivity contribution in [2.24, 2.45) is 5.92 Å². The summed E-state index contributed by atoms with van der Waals surface area (Å²) in [6, 6.07) is 28.5. The van der Waals surface area contributed by atoms with Crippen molar-refractivity contribution in [2.75, 3.05) is 59.4 Å². The minimum absolute atomic E-state index is 0.103. The van der Waals surface area contributed by atoms with E-state index in [2.05, 4.69) is 72.0 Å². The Balaban J connectivity index is 1.46. The number of likely N-dealkylation sites (tertiary alicyclic amines) is 1. The molecule has 2 saturated heterocycles. The molecule has 2 fully saturated rings. The second-order valence-corrected chi connectivity index (χ2v) is 11.3. The normalized spacial score (nSPS) is 23.4. The molecule has 1 radical (unpaired) electrons. The molecular formula is C34H42N3O. The van der Waals surface area contributed by atoms with Crippen LogP contribution >= 0.6 is 0 Å². The maximum absolute atomic E-state index is 14.2. The van der Waals surface area contributed by atoms with E-state index in [0.29, 0.717) is 0 Å². The summed E-state index contributed by atoms with van der Waals surface area (Å²) < 4.78 is 0. The SMILES string of the molecule is Cc1cccc([C@@H]2[C@@H](C(=O)c3ccccc3)CN(CCCN3CCN(C)CC3)C[C@@H]2c2[c]cccc2)c1C. The summed E-state index contributed by atoms with van der Waals surface area (Å²) in [7, 11) is 2.21. The van der Waals surface area contributed by atoms with E-state index in [9.17, 15) is 4.79 Å². The van der Waals surface area contributed by atoms with Crippen molar-refractivity contribution in [1.82, 2.24) is 14.7 Å². The summed E-state index contributed by atoms with van der Waals surface area (Å²) in [4.78, 5) is 21.8. The molecule has 0 spiro atoms. The minimum Gasteiger partial charge on any atom is -0.304 e. The fourth-order valence-electron chi connectivity index (χ4n) is 6.47. The largest absolute Gasteiger partial charge is 0.304 e. The van der Waals surface area contributed by atoms with Gasteiger partial charge in [-0.15, -0.1) is 0 Å². The number of piperidine rings is 1. The molecule has 0 amide bonds. The monoisotopic (exact) mass is 508 g/mol. The van der Waals surface area contributed by atoms with Gasteiger partial charge in [0.25, 0.3) is 0 Å². The zero-order chi connectivity index (χ0) is 26.5. The van der Waals surface area contributed by atoms with Crippen molar-refractivity contribution < 1.29 is 4.79 Å². The third kappa shape index (κ3) is 6.09. The number of ketones is 1. The Hall–Kier alpha value is -2.79. The van der Waals surface area contributed by atoms with Gasteiger partial charge in [-0.25, -0.2) is 0 Å². The molecule has 3 aromatic rings. The molecule has 0 bridgehead atoms. The van der Waals surface area contributed by atoms with Crippen LogP contribution in [0.2, 0.25) is 0 Å². The Kier molecular flexibility index (Phi) is 8.73. The molecule has 4 heteroatoms. The van der Waals surface area contributed by atoms with E-state index in [4.69, 9.17) is 0 Å². The van der Waals surface area contributed by atoms with Gasteiger partial charge >= 0.3 is 0 Å². The molecule has 0 aromatic heterocycles. The average Bonchev–Trinajstić information content (AvgIpc) is 2.96. The second-order valence-electron chi connectivity index (χ2n) is 11.3. The molecule has 2 heterocycles. The fraction of sp³-hybridized carbons (Fsp3) is 0.441. The van der Waals surface area contributed by atoms with E-state index in [1.165, 1.54) is 22.3 Å². The number of nitrogens with zero attached hydrogens (tertiary/aromatic N) is 3. The predicted octanol–water partition coefficient (Wildman–Crippen LogP) is 5.42. The number of Topliss-reactive ketones (excluding diaryl/α,β-unsaturated/α-hetero) is 1. The summed E-state index contributed by atoms with van der Waals surface area (Å²) in [6.45, 7) is 12.9. The van der Waals surface area contributed by atoms with Gasteiger partial charge in [0, 0.05) is 62.6 Å². The van der Waals surface area contributed by atoms with E-state index < -0.39 is 0 Å². The molecular weight excluding hydrogens is 466 g/mol. The maximum Gasteiger partial charge on any atom is 0.167 e. The van der Waals surface area contributed by atoms with Gasteiger partial charge in [-0.1, -0.05) is 72.8 Å². The number of piperazine rings is 1. The molecule has 3 atom stereocenters. The molecule has 3 aromatic carbocycles. The summed E-state index contributed by atoms with van der Waals surface area (Å²) in [5.41, 5.74) is 5.96. The van der Waals surface area contributed by atoms with Crippen LogP contribution in [0.5, 0.6) is 0 Å². The van der Waals surface area contributed by atoms with Gasteiger partial charge in [-0.3, -0.25) is 4.79 Å². The van der Waals surface area contributed by atoms with Crippen molar-refractivity contribution in [3.63, 3.8) is 0 Å². The van der Waals surface area contributed by atoms with Crippen molar-refractivity contribution in [1.29, 1.82) is 0 Å². The standard InChI is InChI=1S/C34H42N3O/c1-26-12-10-17-30(27(26)2)33-31(28-13-6-4-7-14-28)24-37(19-11-18-36-22-20-35(3)21-23-36)25-32(33)34(38)29-15-8-5-9-16-29/h4-10,12-13,15-17,31-33H,11,18-25H2,1-3H3/t31-,32+,33+/m1/s1. The van der Waals surface area contributed by atoms with Gasteiger partial charge in [0.15, 0.2) is 5.78 Å². The van der Waals surface area contributed by atoms with Gasteiger partial charge < -0.3 is 14.7 Å². The first kappa shape index (κ1) is 26.8. The first-order valence-electron chi connectivity index (χ1n) is 14.3. The molecule has 38 heavy (non-hydrogen) atoms. The molecule has 0 saturated carbocycles. The number of aryl methyl sites for hydroxylation is 1. The van der Waals surface area contributed by atoms with Crippen LogP contribution in [0.3, 0.4) is 0 Å². The van der Waals surface area contributed by atoms with Crippen LogP contribution < -0.4 is 0 Å². The van der Waals surface area contributed by atoms with Crippen LogP contribution in [0.1, 0.15) is 50.9 Å². The Morgan fingerprint density at radius 3 is 2.32 bits per heavy atom. The molecule has 0 aliphatic carbocycles. The highest BCUT2D eigenvalue weighted by Gasteiger charge is 2.42. The quantitative estimate of drug-likeness (QED) is 0.380. The van der Waals surface area contributed by atoms with Crippen molar-refractivity contribution in [3.05, 3.63) is 107 Å². The van der Waals surface area contributed by atoms with Gasteiger partial charge in [0.05, 0.1) is 0 Å². The molecule has 2 aliphatic heterocycles. The van der Waals surface area contributed by atoms with E-state index in [1.54, 1.807) is 0 Å². The van der Waals surface area contributed by atoms with E-state index in [1.807, 2.05) is 42.5 Å². The lowest BCUT2D eigenvalue weighted by atomic mass is 9.67. The first-order valence-corrected chi connectivity index (χ1v) is 14.3. The number of benzene rings is 3. The fourth-order valence-corrected chi connectivity index (χ4v) is 6.47. The van der Waals surface area contributed by atoms with Crippen LogP contribution in [0.15, 0.2) is 72.8 Å². The number of hydrogen-bond donors (Lipinski definition) is 0. The summed E-state index contributed by atoms with van der Waals surface area (Å²) in [5, 5.41) is 0. The molecule has 5 rings (SSSR count). The lowest BCUT2D eigenvalue weighted by Gasteiger charge is -2.45. The molecule has 4 nitrogen and oxygen atoms in total. The Morgan fingerprint density at radius 2 is 1.58 bits per heavy atom. The maximum atomic E-state index is 14.2. The zero-order valence-electron chi connectivity index (χ0n) is 23.3. The molecule has 0 N–H and O–H groups in total. The van der Waals surface area contributed by atoms with Gasteiger partial charge in [0.1, 0.15) is 0 Å². The highest BCUT2D eigenvalue weighted by molar-refractivity contribution is 5.98. The third-order valence-electron chi connectivity index (χ3n) is 8.85. The van der Waals surface area contributed by atoms with Crippen molar-refractivity contribution in [2.45, 2.75) is 32.1 Å². The highest BCUT2D eigenvalue weighted by atomic mass is 16.1. The van der Waals surface area contributed by atoms with E-state index in [-0.39, 0.29) is 23.5 Å². The van der Waals surface area contributed by atoms with Crippen molar-refractivity contribution >= 4 is 5.78 Å². The lowest BCUT2D eigenvalue weighted by Crippen LogP contribution is -2.48. The summed E-state index contributed by atoms with van der Waals surface area (Å²) in [5.74, 6) is 0.497. The van der Waals surface area contributed by atoms with E-state index >= 15 is 0 Å². The summed E-state index contributed by atoms with van der Waals surface area (Å²) >= 11 is 0. The molecule has 0 unspecified atom stereocenters. The number of rotatable bonds is 8. The minimum atomic E-state index is -0.103. The molecule has 199 valence electrons. The first-order chi connectivity index (χ1) is 18.5. The van der Waals surface area contributed by atoms with Crippen LogP contribution in [-0.2, 0) is 0 Å². The van der Waals surface area contributed by atoms with Crippen LogP contribution in [0.4, 0.5) is 0 Å². The Bertz CT molecular complexity index is 1190. The van der Waals surface area contributed by atoms with Gasteiger partial charge in [-0.2, -0.15) is 0 Å². The Morgan fingerprint density at radius 1 is 0.842 bits per heavy atom. The number of carbonyl (C=O) groups is 1. The average molecular weight is 509 g/mol. The smallest absolute Gasteiger partial charge is 0.167 e. The lowest BCUT2D eigenvalue weighted by molar-refractivity contribution is 0.0724. The predicted molar refractivity (Wildman–Crippen MR) is 156 cm³/mol.